The van der Waals surface area contributed by atoms with Crippen LogP contribution in [0, 0.1) is 5.92 Å². The molecule has 0 heterocycles. The van der Waals surface area contributed by atoms with E-state index < -0.39 is 0 Å². The van der Waals surface area contributed by atoms with Crippen LogP contribution >= 0.6 is 0 Å². The zero-order chi connectivity index (χ0) is 23.8. The maximum absolute atomic E-state index is 11.7. The van der Waals surface area contributed by atoms with Gasteiger partial charge >= 0.3 is 0 Å². The summed E-state index contributed by atoms with van der Waals surface area (Å²) in [7, 11) is 0. The lowest BCUT2D eigenvalue weighted by atomic mass is 10.1. The number of ketones is 1. The lowest BCUT2D eigenvalue weighted by molar-refractivity contribution is -0.125. The van der Waals surface area contributed by atoms with Gasteiger partial charge in [-0.15, -0.1) is 0 Å². The number of hydrogen-bond donors (Lipinski definition) is 3. The highest BCUT2D eigenvalue weighted by Gasteiger charge is 2.07. The first-order valence-corrected chi connectivity index (χ1v) is 11.7. The van der Waals surface area contributed by atoms with Gasteiger partial charge in [-0.05, 0) is 25.2 Å². The summed E-state index contributed by atoms with van der Waals surface area (Å²) in [6.07, 6.45) is 3.71. The Kier molecular flexibility index (Phi) is 27.4. The van der Waals surface area contributed by atoms with Crippen LogP contribution in [0.2, 0.25) is 0 Å². The molecule has 0 aliphatic carbocycles. The van der Waals surface area contributed by atoms with E-state index in [9.17, 15) is 19.2 Å². The molecule has 7 nitrogen and oxygen atoms in total. The van der Waals surface area contributed by atoms with Crippen LogP contribution in [0.3, 0.4) is 0 Å². The van der Waals surface area contributed by atoms with Gasteiger partial charge in [-0.2, -0.15) is 0 Å². The van der Waals surface area contributed by atoms with Gasteiger partial charge in [0.2, 0.25) is 17.7 Å². The molecule has 0 atom stereocenters. The van der Waals surface area contributed by atoms with Crippen molar-refractivity contribution in [1.82, 2.24) is 16.0 Å². The van der Waals surface area contributed by atoms with E-state index in [0.717, 1.165) is 6.42 Å². The van der Waals surface area contributed by atoms with Crippen LogP contribution in [-0.4, -0.2) is 43.1 Å². The van der Waals surface area contributed by atoms with Crippen molar-refractivity contribution in [2.45, 2.75) is 99.8 Å². The molecule has 178 valence electrons. The minimum absolute atomic E-state index is 0.00748. The normalized spacial score (nSPS) is 9.47. The van der Waals surface area contributed by atoms with E-state index in [1.807, 2.05) is 48.5 Å². The van der Waals surface area contributed by atoms with Crippen LogP contribution < -0.4 is 16.0 Å². The summed E-state index contributed by atoms with van der Waals surface area (Å²) in [5.41, 5.74) is 0. The Hall–Kier alpha value is -1.92. The molecular formula is C23H47N3O4. The number of hydrogen-bond acceptors (Lipinski definition) is 4. The molecule has 0 aromatic heterocycles. The third kappa shape index (κ3) is 26.1. The highest BCUT2D eigenvalue weighted by atomic mass is 16.2. The Balaban J connectivity index is -0.00000171. The Bertz CT molecular complexity index is 452. The summed E-state index contributed by atoms with van der Waals surface area (Å²) >= 11 is 0. The molecule has 0 aromatic carbocycles. The van der Waals surface area contributed by atoms with E-state index in [0.29, 0.717) is 57.7 Å². The van der Waals surface area contributed by atoms with Gasteiger partial charge in [-0.3, -0.25) is 19.2 Å². The zero-order valence-electron chi connectivity index (χ0n) is 20.5. The quantitative estimate of drug-likeness (QED) is 0.345. The second-order valence-electron chi connectivity index (χ2n) is 6.89. The molecule has 7 heteroatoms. The zero-order valence-corrected chi connectivity index (χ0v) is 20.5. The molecule has 30 heavy (non-hydrogen) atoms. The van der Waals surface area contributed by atoms with Crippen molar-refractivity contribution in [3.8, 4) is 0 Å². The highest BCUT2D eigenvalue weighted by molar-refractivity contribution is 5.84. The van der Waals surface area contributed by atoms with Crippen molar-refractivity contribution in [2.24, 2.45) is 5.92 Å². The molecule has 0 fully saturated rings. The SMILES string of the molecule is CC.CC.CCCC(=O)CCC(=O)NCCCC(=O)NCCCC(=O)NCC(C)C. The number of nitrogens with one attached hydrogen (secondary N) is 3. The molecule has 0 aliphatic heterocycles. The predicted molar refractivity (Wildman–Crippen MR) is 124 cm³/mol. The van der Waals surface area contributed by atoms with E-state index in [1.54, 1.807) is 0 Å². The fourth-order valence-corrected chi connectivity index (χ4v) is 2.19. The van der Waals surface area contributed by atoms with E-state index in [4.69, 9.17) is 0 Å². The largest absolute Gasteiger partial charge is 0.356 e. The Morgan fingerprint density at radius 3 is 1.50 bits per heavy atom. The van der Waals surface area contributed by atoms with Crippen molar-refractivity contribution >= 4 is 23.5 Å². The topological polar surface area (TPSA) is 104 Å². The Morgan fingerprint density at radius 1 is 0.633 bits per heavy atom. The summed E-state index contributed by atoms with van der Waals surface area (Å²) in [5, 5.41) is 8.32. The van der Waals surface area contributed by atoms with Gasteiger partial charge in [-0.25, -0.2) is 0 Å². The molecule has 3 amide bonds. The monoisotopic (exact) mass is 429 g/mol. The van der Waals surface area contributed by atoms with Crippen LogP contribution in [0.4, 0.5) is 0 Å². The fraction of sp³-hybridized carbons (Fsp3) is 0.826. The molecule has 0 saturated carbocycles. The molecule has 0 aliphatic rings. The standard InChI is InChI=1S/C19H35N3O4.2C2H6/c1-4-7-16(23)10-11-19(26)21-13-5-8-17(24)20-12-6-9-18(25)22-14-15(2)3;2*1-2/h15H,4-14H2,1-3H3,(H,20,24)(H,21,26)(H,22,25);2*1-2H3. The van der Waals surface area contributed by atoms with Crippen molar-refractivity contribution in [2.75, 3.05) is 19.6 Å². The Labute approximate surface area is 184 Å². The summed E-state index contributed by atoms with van der Waals surface area (Å²) in [6, 6.07) is 0. The van der Waals surface area contributed by atoms with Crippen molar-refractivity contribution in [1.29, 1.82) is 0 Å². The summed E-state index contributed by atoms with van der Waals surface area (Å²) in [5.74, 6) is 0.311. The fourth-order valence-electron chi connectivity index (χ4n) is 2.19. The number of amides is 3. The lowest BCUT2D eigenvalue weighted by Gasteiger charge is -2.08. The maximum atomic E-state index is 11.7. The van der Waals surface area contributed by atoms with Crippen molar-refractivity contribution < 1.29 is 19.2 Å². The second-order valence-corrected chi connectivity index (χ2v) is 6.89. The van der Waals surface area contributed by atoms with Gasteiger partial charge in [-0.1, -0.05) is 48.5 Å². The minimum atomic E-state index is -0.151. The summed E-state index contributed by atoms with van der Waals surface area (Å²) in [4.78, 5) is 46.1. The number of carbonyl (C=O) groups excluding carboxylic acids is 4. The first kappa shape index (κ1) is 32.7. The van der Waals surface area contributed by atoms with Gasteiger partial charge in [0.15, 0.2) is 0 Å². The number of carbonyl (C=O) groups is 4. The van der Waals surface area contributed by atoms with Gasteiger partial charge in [0.05, 0.1) is 0 Å². The third-order valence-electron chi connectivity index (χ3n) is 3.67. The average Bonchev–Trinajstić information content (AvgIpc) is 2.74. The van der Waals surface area contributed by atoms with Crippen LogP contribution in [-0.2, 0) is 19.2 Å². The first-order chi connectivity index (χ1) is 14.3. The second kappa shape index (κ2) is 25.1. The van der Waals surface area contributed by atoms with E-state index in [2.05, 4.69) is 16.0 Å². The molecule has 0 spiro atoms. The third-order valence-corrected chi connectivity index (χ3v) is 3.67. The van der Waals surface area contributed by atoms with E-state index in [-0.39, 0.29) is 36.3 Å². The average molecular weight is 430 g/mol. The molecule has 0 bridgehead atoms. The van der Waals surface area contributed by atoms with Crippen LogP contribution in [0.25, 0.3) is 0 Å². The van der Waals surface area contributed by atoms with Gasteiger partial charge in [0.1, 0.15) is 5.78 Å². The maximum Gasteiger partial charge on any atom is 0.220 e. The predicted octanol–water partition coefficient (Wildman–Crippen LogP) is 3.75. The summed E-state index contributed by atoms with van der Waals surface area (Å²) < 4.78 is 0. The van der Waals surface area contributed by atoms with Gasteiger partial charge in [0, 0.05) is 51.7 Å². The van der Waals surface area contributed by atoms with Gasteiger partial charge in [0.25, 0.3) is 0 Å². The number of rotatable bonds is 15. The van der Waals surface area contributed by atoms with Crippen molar-refractivity contribution in [3.63, 3.8) is 0 Å². The van der Waals surface area contributed by atoms with E-state index in [1.165, 1.54) is 0 Å². The molecular weight excluding hydrogens is 382 g/mol. The van der Waals surface area contributed by atoms with Gasteiger partial charge < -0.3 is 16.0 Å². The lowest BCUT2D eigenvalue weighted by Crippen LogP contribution is -2.30. The molecule has 0 rings (SSSR count). The first-order valence-electron chi connectivity index (χ1n) is 11.7. The molecule has 0 radical (unpaired) electrons. The van der Waals surface area contributed by atoms with Crippen LogP contribution in [0.1, 0.15) is 99.8 Å². The van der Waals surface area contributed by atoms with Crippen molar-refractivity contribution in [3.05, 3.63) is 0 Å². The summed E-state index contributed by atoms with van der Waals surface area (Å²) in [6.45, 7) is 15.6. The molecule has 0 saturated heterocycles. The van der Waals surface area contributed by atoms with Crippen LogP contribution in [0.15, 0.2) is 0 Å². The van der Waals surface area contributed by atoms with Crippen LogP contribution in [0.5, 0.6) is 0 Å². The minimum Gasteiger partial charge on any atom is -0.356 e. The molecule has 0 aromatic rings. The number of Topliss-reactive ketones (excluding diaryl/α,β-unsaturated/α-hetero) is 1. The highest BCUT2D eigenvalue weighted by Crippen LogP contribution is 1.98. The molecule has 3 N–H and O–H groups in total. The molecule has 0 unspecified atom stereocenters. The smallest absolute Gasteiger partial charge is 0.220 e. The van der Waals surface area contributed by atoms with E-state index >= 15 is 0 Å². The Morgan fingerprint density at radius 2 is 1.07 bits per heavy atom.